The van der Waals surface area contributed by atoms with Crippen LogP contribution in [-0.2, 0) is 22.5 Å². The fraction of sp³-hybridized carbons (Fsp3) is 0.500. The Morgan fingerprint density at radius 1 is 1.39 bits per heavy atom. The molecule has 0 amide bonds. The zero-order valence-electron chi connectivity index (χ0n) is 11.0. The number of fused-ring (bicyclic) bond motifs is 1. The van der Waals surface area contributed by atoms with Crippen LogP contribution < -0.4 is 5.32 Å². The second kappa shape index (κ2) is 5.98. The number of nitrogens with zero attached hydrogens (tertiary/aromatic N) is 1. The van der Waals surface area contributed by atoms with E-state index in [1.165, 1.54) is 11.1 Å². The Morgan fingerprint density at radius 3 is 2.83 bits per heavy atom. The van der Waals surface area contributed by atoms with Gasteiger partial charge in [0.15, 0.2) is 0 Å². The van der Waals surface area contributed by atoms with E-state index in [1.54, 1.807) is 0 Å². The maximum absolute atomic E-state index is 11.9. The summed E-state index contributed by atoms with van der Waals surface area (Å²) in [4.78, 5) is 13.9. The van der Waals surface area contributed by atoms with Crippen molar-refractivity contribution in [2.75, 3.05) is 27.2 Å². The number of rotatable bonds is 4. The zero-order chi connectivity index (χ0) is 13.0. The van der Waals surface area contributed by atoms with Crippen molar-refractivity contribution in [3.63, 3.8) is 0 Å². The molecular weight excluding hydrogens is 228 g/mol. The third-order valence-corrected chi connectivity index (χ3v) is 3.15. The minimum Gasteiger partial charge on any atom is -0.463 e. The molecule has 0 aliphatic carbocycles. The second-order valence-corrected chi connectivity index (χ2v) is 4.88. The first-order valence-corrected chi connectivity index (χ1v) is 6.28. The molecule has 0 saturated heterocycles. The number of carbonyl (C=O) groups is 1. The van der Waals surface area contributed by atoms with Gasteiger partial charge in [-0.1, -0.05) is 24.3 Å². The summed E-state index contributed by atoms with van der Waals surface area (Å²) < 4.78 is 5.26. The summed E-state index contributed by atoms with van der Waals surface area (Å²) in [5.41, 5.74) is 2.51. The molecule has 1 aromatic rings. The quantitative estimate of drug-likeness (QED) is 0.801. The predicted octanol–water partition coefficient (Wildman–Crippen LogP) is 0.806. The van der Waals surface area contributed by atoms with Gasteiger partial charge in [0.05, 0.1) is 0 Å². The van der Waals surface area contributed by atoms with Crippen LogP contribution in [0.2, 0.25) is 0 Å². The lowest BCUT2D eigenvalue weighted by atomic mass is 9.96. The van der Waals surface area contributed by atoms with Gasteiger partial charge in [-0.2, -0.15) is 0 Å². The largest absolute Gasteiger partial charge is 0.463 e. The minimum absolute atomic E-state index is 0.147. The van der Waals surface area contributed by atoms with Gasteiger partial charge in [-0.15, -0.1) is 0 Å². The van der Waals surface area contributed by atoms with Crippen molar-refractivity contribution in [1.82, 2.24) is 10.2 Å². The van der Waals surface area contributed by atoms with Crippen molar-refractivity contribution < 1.29 is 9.53 Å². The van der Waals surface area contributed by atoms with Gasteiger partial charge in [0.25, 0.3) is 0 Å². The molecule has 2 rings (SSSR count). The molecule has 1 heterocycles. The third kappa shape index (κ3) is 3.31. The summed E-state index contributed by atoms with van der Waals surface area (Å²) in [5.74, 6) is -0.147. The Bertz CT molecular complexity index is 418. The van der Waals surface area contributed by atoms with E-state index < -0.39 is 0 Å². The van der Waals surface area contributed by atoms with E-state index in [-0.39, 0.29) is 12.0 Å². The molecule has 4 heteroatoms. The average molecular weight is 248 g/mol. The third-order valence-electron chi connectivity index (χ3n) is 3.15. The lowest BCUT2D eigenvalue weighted by Gasteiger charge is -2.24. The number of nitrogens with one attached hydrogen (secondary N) is 1. The van der Waals surface area contributed by atoms with Crippen LogP contribution in [-0.4, -0.2) is 44.2 Å². The molecule has 4 nitrogen and oxygen atoms in total. The van der Waals surface area contributed by atoms with E-state index in [0.717, 1.165) is 19.5 Å². The monoisotopic (exact) mass is 248 g/mol. The van der Waals surface area contributed by atoms with Crippen LogP contribution in [0.5, 0.6) is 0 Å². The molecule has 1 atom stereocenters. The molecular formula is C14H20N2O2. The fourth-order valence-corrected chi connectivity index (χ4v) is 2.05. The number of ether oxygens (including phenoxy) is 1. The van der Waals surface area contributed by atoms with Crippen molar-refractivity contribution in [1.29, 1.82) is 0 Å². The van der Waals surface area contributed by atoms with Gasteiger partial charge in [0.1, 0.15) is 12.6 Å². The van der Waals surface area contributed by atoms with Crippen LogP contribution in [0.3, 0.4) is 0 Å². The first-order valence-electron chi connectivity index (χ1n) is 6.28. The molecule has 0 spiro atoms. The molecule has 98 valence electrons. The summed E-state index contributed by atoms with van der Waals surface area (Å²) >= 11 is 0. The van der Waals surface area contributed by atoms with Crippen molar-refractivity contribution in [3.8, 4) is 0 Å². The summed E-state index contributed by atoms with van der Waals surface area (Å²) in [7, 11) is 3.92. The van der Waals surface area contributed by atoms with E-state index in [4.69, 9.17) is 4.74 Å². The standard InChI is InChI=1S/C14H20N2O2/c1-16(2)7-8-18-14(17)13-9-11-5-3-4-6-12(11)10-15-13/h3-6,13,15H,7-10H2,1-2H3. The highest BCUT2D eigenvalue weighted by Crippen LogP contribution is 2.16. The highest BCUT2D eigenvalue weighted by Gasteiger charge is 2.24. The van der Waals surface area contributed by atoms with Crippen LogP contribution in [0.4, 0.5) is 0 Å². The number of hydrogen-bond acceptors (Lipinski definition) is 4. The summed E-state index contributed by atoms with van der Waals surface area (Å²) in [6.07, 6.45) is 0.719. The molecule has 1 aliphatic rings. The maximum Gasteiger partial charge on any atom is 0.323 e. The van der Waals surface area contributed by atoms with Crippen molar-refractivity contribution in [2.24, 2.45) is 0 Å². The number of hydrogen-bond donors (Lipinski definition) is 1. The number of likely N-dealkylation sites (N-methyl/N-ethyl adjacent to an activating group) is 1. The average Bonchev–Trinajstić information content (AvgIpc) is 2.37. The van der Waals surface area contributed by atoms with E-state index in [0.29, 0.717) is 6.61 Å². The van der Waals surface area contributed by atoms with E-state index in [2.05, 4.69) is 17.4 Å². The van der Waals surface area contributed by atoms with Gasteiger partial charge in [-0.3, -0.25) is 4.79 Å². The highest BCUT2D eigenvalue weighted by molar-refractivity contribution is 5.76. The van der Waals surface area contributed by atoms with Gasteiger partial charge in [0.2, 0.25) is 0 Å². The lowest BCUT2D eigenvalue weighted by molar-refractivity contribution is -0.146. The summed E-state index contributed by atoms with van der Waals surface area (Å²) in [6, 6.07) is 8.00. The van der Waals surface area contributed by atoms with Gasteiger partial charge < -0.3 is 15.0 Å². The van der Waals surface area contributed by atoms with Gasteiger partial charge in [-0.25, -0.2) is 0 Å². The highest BCUT2D eigenvalue weighted by atomic mass is 16.5. The SMILES string of the molecule is CN(C)CCOC(=O)C1Cc2ccccc2CN1. The number of carbonyl (C=O) groups excluding carboxylic acids is 1. The molecule has 0 saturated carbocycles. The lowest BCUT2D eigenvalue weighted by Crippen LogP contribution is -2.43. The fourth-order valence-electron chi connectivity index (χ4n) is 2.05. The molecule has 1 unspecified atom stereocenters. The molecule has 0 bridgehead atoms. The number of esters is 1. The first-order chi connectivity index (χ1) is 8.66. The van der Waals surface area contributed by atoms with Crippen molar-refractivity contribution in [2.45, 2.75) is 19.0 Å². The van der Waals surface area contributed by atoms with Crippen LogP contribution >= 0.6 is 0 Å². The predicted molar refractivity (Wildman–Crippen MR) is 70.3 cm³/mol. The van der Waals surface area contributed by atoms with Crippen LogP contribution in [0.1, 0.15) is 11.1 Å². The van der Waals surface area contributed by atoms with E-state index in [9.17, 15) is 4.79 Å². The van der Waals surface area contributed by atoms with Gasteiger partial charge in [0, 0.05) is 13.1 Å². The molecule has 1 aliphatic heterocycles. The van der Waals surface area contributed by atoms with Crippen molar-refractivity contribution in [3.05, 3.63) is 35.4 Å². The smallest absolute Gasteiger partial charge is 0.323 e. The zero-order valence-corrected chi connectivity index (χ0v) is 11.0. The topological polar surface area (TPSA) is 41.6 Å². The molecule has 1 aromatic carbocycles. The van der Waals surface area contributed by atoms with Gasteiger partial charge >= 0.3 is 5.97 Å². The molecule has 0 aromatic heterocycles. The van der Waals surface area contributed by atoms with Gasteiger partial charge in [-0.05, 0) is 31.6 Å². The van der Waals surface area contributed by atoms with E-state index >= 15 is 0 Å². The molecule has 1 N–H and O–H groups in total. The van der Waals surface area contributed by atoms with Crippen LogP contribution in [0.15, 0.2) is 24.3 Å². The van der Waals surface area contributed by atoms with Crippen LogP contribution in [0, 0.1) is 0 Å². The molecule has 18 heavy (non-hydrogen) atoms. The summed E-state index contributed by atoms with van der Waals surface area (Å²) in [5, 5.41) is 3.23. The Labute approximate surface area is 108 Å². The minimum atomic E-state index is -0.206. The Balaban J connectivity index is 1.87. The normalized spacial score (nSPS) is 18.5. The van der Waals surface area contributed by atoms with E-state index in [1.807, 2.05) is 31.1 Å². The Morgan fingerprint density at radius 2 is 2.11 bits per heavy atom. The maximum atomic E-state index is 11.9. The Kier molecular flexibility index (Phi) is 4.33. The first kappa shape index (κ1) is 13.1. The number of benzene rings is 1. The molecule has 0 fully saturated rings. The van der Waals surface area contributed by atoms with Crippen LogP contribution in [0.25, 0.3) is 0 Å². The van der Waals surface area contributed by atoms with Crippen molar-refractivity contribution >= 4 is 5.97 Å². The second-order valence-electron chi connectivity index (χ2n) is 4.88. The molecule has 0 radical (unpaired) electrons. The Hall–Kier alpha value is -1.39. The summed E-state index contributed by atoms with van der Waals surface area (Å²) in [6.45, 7) is 1.95.